The van der Waals surface area contributed by atoms with E-state index in [1.165, 1.54) is 4.90 Å². The highest BCUT2D eigenvalue weighted by Gasteiger charge is 2.53. The largest absolute Gasteiger partial charge is 0.365 e. The van der Waals surface area contributed by atoms with Gasteiger partial charge in [0.2, 0.25) is 5.91 Å². The van der Waals surface area contributed by atoms with Gasteiger partial charge in [0.15, 0.2) is 5.78 Å². The zero-order chi connectivity index (χ0) is 27.0. The molecule has 0 unspecified atom stereocenters. The molecule has 10 heteroatoms. The number of amides is 2. The van der Waals surface area contributed by atoms with Crippen LogP contribution >= 0.6 is 11.3 Å². The highest BCUT2D eigenvalue weighted by molar-refractivity contribution is 7.12. The number of fused-ring (bicyclic) bond motifs is 1. The summed E-state index contributed by atoms with van der Waals surface area (Å²) in [7, 11) is 4.03. The zero-order valence-corrected chi connectivity index (χ0v) is 23.0. The van der Waals surface area contributed by atoms with Crippen molar-refractivity contribution in [3.05, 3.63) is 39.7 Å². The van der Waals surface area contributed by atoms with Gasteiger partial charge in [0.05, 0.1) is 18.3 Å². The first-order valence-corrected chi connectivity index (χ1v) is 13.4. The van der Waals surface area contributed by atoms with E-state index in [1.807, 2.05) is 47.0 Å². The van der Waals surface area contributed by atoms with Crippen LogP contribution in [-0.2, 0) is 14.3 Å². The second-order valence-electron chi connectivity index (χ2n) is 10.5. The fraction of sp³-hybridized carbons (Fsp3) is 0.556. The maximum atomic E-state index is 14.4. The van der Waals surface area contributed by atoms with E-state index >= 15 is 0 Å². The fourth-order valence-electron chi connectivity index (χ4n) is 4.82. The highest BCUT2D eigenvalue weighted by atomic mass is 32.1. The Kier molecular flexibility index (Phi) is 8.11. The predicted octanol–water partition coefficient (Wildman–Crippen LogP) is 3.40. The van der Waals surface area contributed by atoms with Crippen molar-refractivity contribution < 1.29 is 23.5 Å². The third-order valence-electron chi connectivity index (χ3n) is 7.08. The summed E-state index contributed by atoms with van der Waals surface area (Å²) >= 11 is 1.66. The van der Waals surface area contributed by atoms with Crippen molar-refractivity contribution >= 4 is 28.9 Å². The molecule has 1 aromatic heterocycles. The van der Waals surface area contributed by atoms with Crippen molar-refractivity contribution in [2.24, 2.45) is 5.92 Å². The Labute approximate surface area is 221 Å². The number of nitrogens with one attached hydrogen (secondary N) is 1. The summed E-state index contributed by atoms with van der Waals surface area (Å²) in [5, 5.41) is 3.86. The van der Waals surface area contributed by atoms with Gasteiger partial charge < -0.3 is 19.9 Å². The molecule has 1 N–H and O–H groups in total. The van der Waals surface area contributed by atoms with Crippen molar-refractivity contribution in [2.75, 3.05) is 27.2 Å². The molecule has 2 amide bonds. The van der Waals surface area contributed by atoms with Gasteiger partial charge in [-0.25, -0.2) is 9.37 Å². The van der Waals surface area contributed by atoms with Crippen LogP contribution in [0.2, 0.25) is 0 Å². The molecular formula is C27H35FN4O4S. The molecule has 2 saturated heterocycles. The second kappa shape index (κ2) is 11.0. The van der Waals surface area contributed by atoms with E-state index in [0.29, 0.717) is 12.0 Å². The van der Waals surface area contributed by atoms with E-state index in [0.717, 1.165) is 21.1 Å². The summed E-state index contributed by atoms with van der Waals surface area (Å²) in [4.78, 5) is 48.1. The Hall–Kier alpha value is -2.69. The van der Waals surface area contributed by atoms with Crippen LogP contribution in [0.1, 0.15) is 53.5 Å². The van der Waals surface area contributed by atoms with Crippen LogP contribution < -0.4 is 5.32 Å². The number of aryl methyl sites for hydroxylation is 1. The molecule has 2 aliphatic heterocycles. The minimum Gasteiger partial charge on any atom is -0.365 e. The molecule has 200 valence electrons. The quantitative estimate of drug-likeness (QED) is 0.563. The topological polar surface area (TPSA) is 91.8 Å². The highest BCUT2D eigenvalue weighted by Crippen LogP contribution is 2.33. The van der Waals surface area contributed by atoms with E-state index in [2.05, 4.69) is 17.1 Å². The molecule has 3 heterocycles. The molecule has 2 aromatic rings. The maximum absolute atomic E-state index is 14.4. The third kappa shape index (κ3) is 5.61. The van der Waals surface area contributed by atoms with E-state index in [1.54, 1.807) is 23.5 Å². The lowest BCUT2D eigenvalue weighted by atomic mass is 10.0. The molecule has 2 aliphatic rings. The number of benzene rings is 1. The standard InChI is InChI=1S/C27H35FN4O4S/c1-14(2)11-20(27(35)32-12-19(28)24-23(32)21(33)13-36-24)29-25(34)18-9-7-17(8-10-18)22-16(4)37-26(30-22)15(3)31(5)6/h7-10,14-15,19-20,23-24H,11-13H2,1-6H3,(H,29,34)/t15-,19-,20-,23+,24+/m0/s1. The molecule has 37 heavy (non-hydrogen) atoms. The Balaban J connectivity index is 1.49. The summed E-state index contributed by atoms with van der Waals surface area (Å²) in [6.07, 6.45) is -1.97. The van der Waals surface area contributed by atoms with Gasteiger partial charge in [-0.1, -0.05) is 26.0 Å². The number of ether oxygens (including phenoxy) is 1. The molecule has 4 rings (SSSR count). The summed E-state index contributed by atoms with van der Waals surface area (Å²) in [6, 6.07) is 5.54. The van der Waals surface area contributed by atoms with Gasteiger partial charge in [-0.05, 0) is 52.4 Å². The Morgan fingerprint density at radius 2 is 1.92 bits per heavy atom. The number of nitrogens with zero attached hydrogens (tertiary/aromatic N) is 3. The number of hydrogen-bond donors (Lipinski definition) is 1. The molecule has 0 bridgehead atoms. The zero-order valence-electron chi connectivity index (χ0n) is 22.2. The SMILES string of the molecule is Cc1sc([C@H](C)N(C)C)nc1-c1ccc(C(=O)N[C@@H](CC(C)C)C(=O)N2C[C@H](F)[C@H]3OCC(=O)[C@H]32)cc1. The summed E-state index contributed by atoms with van der Waals surface area (Å²) in [5.41, 5.74) is 2.21. The normalized spacial score (nSPS) is 23.0. The lowest BCUT2D eigenvalue weighted by molar-refractivity contribution is -0.138. The second-order valence-corrected chi connectivity index (χ2v) is 11.8. The van der Waals surface area contributed by atoms with Crippen molar-refractivity contribution in [1.82, 2.24) is 20.1 Å². The number of carbonyl (C=O) groups is 3. The van der Waals surface area contributed by atoms with E-state index in [9.17, 15) is 18.8 Å². The molecule has 0 aliphatic carbocycles. The Bertz CT molecular complexity index is 1170. The van der Waals surface area contributed by atoms with Gasteiger partial charge in [0, 0.05) is 16.0 Å². The first-order valence-electron chi connectivity index (χ1n) is 12.6. The van der Waals surface area contributed by atoms with Gasteiger partial charge in [0.25, 0.3) is 5.91 Å². The van der Waals surface area contributed by atoms with Crippen molar-refractivity contribution in [1.29, 1.82) is 0 Å². The molecular weight excluding hydrogens is 495 g/mol. The predicted molar refractivity (Wildman–Crippen MR) is 140 cm³/mol. The first kappa shape index (κ1) is 27.3. The van der Waals surface area contributed by atoms with Crippen LogP contribution in [0.4, 0.5) is 4.39 Å². The molecule has 5 atom stereocenters. The van der Waals surface area contributed by atoms with Crippen LogP contribution in [0.5, 0.6) is 0 Å². The van der Waals surface area contributed by atoms with Crippen LogP contribution in [0.15, 0.2) is 24.3 Å². The first-order chi connectivity index (χ1) is 17.5. The number of alkyl halides is 1. The Morgan fingerprint density at radius 3 is 2.54 bits per heavy atom. The number of hydrogen-bond acceptors (Lipinski definition) is 7. The van der Waals surface area contributed by atoms with Gasteiger partial charge in [-0.2, -0.15) is 0 Å². The summed E-state index contributed by atoms with van der Waals surface area (Å²) < 4.78 is 19.7. The van der Waals surface area contributed by atoms with Crippen molar-refractivity contribution in [3.8, 4) is 11.3 Å². The summed E-state index contributed by atoms with van der Waals surface area (Å²) in [5.74, 6) is -1.06. The number of aromatic nitrogens is 1. The van der Waals surface area contributed by atoms with E-state index in [-0.39, 0.29) is 30.9 Å². The van der Waals surface area contributed by atoms with Gasteiger partial charge in [-0.3, -0.25) is 14.4 Å². The third-order valence-corrected chi connectivity index (χ3v) is 8.22. The molecule has 2 fully saturated rings. The molecule has 0 radical (unpaired) electrons. The lowest BCUT2D eigenvalue weighted by Gasteiger charge is -2.28. The average molecular weight is 531 g/mol. The lowest BCUT2D eigenvalue weighted by Crippen LogP contribution is -2.52. The fourth-order valence-corrected chi connectivity index (χ4v) is 5.91. The number of likely N-dealkylation sites (tertiary alicyclic amines) is 1. The number of Topliss-reactive ketones (excluding diaryl/α,β-unsaturated/α-hetero) is 1. The number of ketones is 1. The van der Waals surface area contributed by atoms with Crippen LogP contribution in [0, 0.1) is 12.8 Å². The Morgan fingerprint density at radius 1 is 1.24 bits per heavy atom. The van der Waals surface area contributed by atoms with Gasteiger partial charge in [0.1, 0.15) is 36.0 Å². The van der Waals surface area contributed by atoms with Crippen LogP contribution in [0.3, 0.4) is 0 Å². The molecule has 0 spiro atoms. The average Bonchev–Trinajstić information content (AvgIpc) is 3.52. The molecule has 0 saturated carbocycles. The summed E-state index contributed by atoms with van der Waals surface area (Å²) in [6.45, 7) is 7.62. The van der Waals surface area contributed by atoms with Crippen LogP contribution in [0.25, 0.3) is 11.3 Å². The smallest absolute Gasteiger partial charge is 0.251 e. The number of rotatable bonds is 8. The van der Waals surface area contributed by atoms with Gasteiger partial charge >= 0.3 is 0 Å². The minimum absolute atomic E-state index is 0.0955. The molecule has 1 aromatic carbocycles. The van der Waals surface area contributed by atoms with Crippen molar-refractivity contribution in [3.63, 3.8) is 0 Å². The van der Waals surface area contributed by atoms with E-state index < -0.39 is 36.2 Å². The number of thiazole rings is 1. The minimum atomic E-state index is -1.42. The van der Waals surface area contributed by atoms with Crippen LogP contribution in [-0.4, -0.2) is 84.0 Å². The monoisotopic (exact) mass is 530 g/mol. The number of carbonyl (C=O) groups excluding carboxylic acids is 3. The maximum Gasteiger partial charge on any atom is 0.251 e. The number of halogens is 1. The van der Waals surface area contributed by atoms with E-state index in [4.69, 9.17) is 9.72 Å². The molecule has 8 nitrogen and oxygen atoms in total. The van der Waals surface area contributed by atoms with Gasteiger partial charge in [-0.15, -0.1) is 11.3 Å². The van der Waals surface area contributed by atoms with Crippen molar-refractivity contribution in [2.45, 2.75) is 64.5 Å².